The molecule has 0 aromatic carbocycles. The third-order valence-electron chi connectivity index (χ3n) is 4.88. The molecule has 2 aliphatic rings. The van der Waals surface area contributed by atoms with Crippen LogP contribution >= 0.6 is 24.0 Å². The second-order valence-corrected chi connectivity index (χ2v) is 8.30. The first-order chi connectivity index (χ1) is 12.9. The summed E-state index contributed by atoms with van der Waals surface area (Å²) < 4.78 is 2.37. The fourth-order valence-corrected chi connectivity index (χ4v) is 4.49. The number of nitrogens with zero attached hydrogens (tertiary/aromatic N) is 3. The van der Waals surface area contributed by atoms with Crippen LogP contribution in [0.3, 0.4) is 0 Å². The van der Waals surface area contributed by atoms with Crippen LogP contribution in [0.5, 0.6) is 0 Å². The van der Waals surface area contributed by atoms with Crippen LogP contribution in [0.15, 0.2) is 23.2 Å². The smallest absolute Gasteiger partial charge is 0.306 e. The van der Waals surface area contributed by atoms with Gasteiger partial charge in [0.15, 0.2) is 0 Å². The van der Waals surface area contributed by atoms with E-state index in [-0.39, 0.29) is 30.7 Å². The number of rotatable bonds is 5. The van der Waals surface area contributed by atoms with Gasteiger partial charge in [-0.3, -0.25) is 19.3 Å². The molecule has 2 aliphatic heterocycles. The van der Waals surface area contributed by atoms with Gasteiger partial charge in [-0.15, -0.1) is 0 Å². The molecule has 27 heavy (non-hydrogen) atoms. The van der Waals surface area contributed by atoms with Crippen LogP contribution in [0.25, 0.3) is 6.08 Å². The van der Waals surface area contributed by atoms with E-state index in [1.165, 1.54) is 16.7 Å². The Morgan fingerprint density at radius 2 is 2.07 bits per heavy atom. The largest absolute Gasteiger partial charge is 0.481 e. The van der Waals surface area contributed by atoms with Gasteiger partial charge in [0, 0.05) is 45.0 Å². The molecule has 0 radical (unpaired) electrons. The number of carbonyl (C=O) groups is 3. The van der Waals surface area contributed by atoms with Crippen molar-refractivity contribution in [1.82, 2.24) is 14.4 Å². The van der Waals surface area contributed by atoms with Crippen molar-refractivity contribution < 1.29 is 19.5 Å². The lowest BCUT2D eigenvalue weighted by atomic mass is 9.97. The van der Waals surface area contributed by atoms with Gasteiger partial charge in [0.2, 0.25) is 5.91 Å². The quantitative estimate of drug-likeness (QED) is 0.593. The van der Waals surface area contributed by atoms with E-state index in [1.54, 1.807) is 11.0 Å². The fraction of sp³-hybridized carbons (Fsp3) is 0.444. The van der Waals surface area contributed by atoms with Crippen LogP contribution < -0.4 is 0 Å². The maximum absolute atomic E-state index is 12.6. The number of hydrogen-bond donors (Lipinski definition) is 1. The predicted octanol–water partition coefficient (Wildman–Crippen LogP) is 1.94. The molecule has 0 atom stereocenters. The molecule has 0 saturated carbocycles. The number of thiocarbonyl (C=S) groups is 1. The van der Waals surface area contributed by atoms with Crippen LogP contribution in [0.2, 0.25) is 0 Å². The molecular formula is C18H21N3O4S2. The molecule has 3 heterocycles. The molecule has 9 heteroatoms. The van der Waals surface area contributed by atoms with Crippen molar-refractivity contribution in [2.75, 3.05) is 19.6 Å². The maximum atomic E-state index is 12.6. The highest BCUT2D eigenvalue weighted by Crippen LogP contribution is 2.32. The Kier molecular flexibility index (Phi) is 6.01. The average Bonchev–Trinajstić information content (AvgIpc) is 3.16. The van der Waals surface area contributed by atoms with Crippen LogP contribution in [-0.2, 0) is 21.4 Å². The van der Waals surface area contributed by atoms with E-state index in [2.05, 4.69) is 0 Å². The number of carboxylic acid groups (broad SMARTS) is 1. The number of amides is 2. The lowest BCUT2D eigenvalue weighted by Crippen LogP contribution is -2.41. The molecule has 1 aromatic heterocycles. The highest BCUT2D eigenvalue weighted by atomic mass is 32.2. The summed E-state index contributed by atoms with van der Waals surface area (Å²) in [5.41, 5.74) is 0.910. The summed E-state index contributed by atoms with van der Waals surface area (Å²) in [6.45, 7) is 1.13. The van der Waals surface area contributed by atoms with Crippen molar-refractivity contribution in [2.45, 2.75) is 19.3 Å². The minimum absolute atomic E-state index is 0.0701. The number of aromatic nitrogens is 1. The van der Waals surface area contributed by atoms with Gasteiger partial charge in [-0.25, -0.2) is 0 Å². The molecule has 0 bridgehead atoms. The van der Waals surface area contributed by atoms with E-state index in [0.717, 1.165) is 5.69 Å². The van der Waals surface area contributed by atoms with E-state index in [0.29, 0.717) is 35.2 Å². The zero-order valence-corrected chi connectivity index (χ0v) is 16.6. The lowest BCUT2D eigenvalue weighted by molar-refractivity contribution is -0.145. The van der Waals surface area contributed by atoms with E-state index in [4.69, 9.17) is 17.3 Å². The number of piperidine rings is 1. The molecule has 1 aromatic rings. The van der Waals surface area contributed by atoms with E-state index in [1.807, 2.05) is 29.9 Å². The molecule has 0 aliphatic carbocycles. The normalized spacial score (nSPS) is 20.0. The van der Waals surface area contributed by atoms with Gasteiger partial charge in [0.1, 0.15) is 4.32 Å². The number of aryl methyl sites for hydroxylation is 1. The summed E-state index contributed by atoms with van der Waals surface area (Å²) in [6.07, 6.45) is 4.83. The van der Waals surface area contributed by atoms with Gasteiger partial charge in [-0.05, 0) is 31.1 Å². The van der Waals surface area contributed by atoms with Gasteiger partial charge >= 0.3 is 5.97 Å². The molecule has 1 N–H and O–H groups in total. The monoisotopic (exact) mass is 407 g/mol. The SMILES string of the molecule is Cn1cccc1C=C1SC(=S)N(CCC(=O)N2CCC(C(=O)O)CC2)C1=O. The van der Waals surface area contributed by atoms with Gasteiger partial charge in [0.25, 0.3) is 5.91 Å². The second kappa shape index (κ2) is 8.26. The van der Waals surface area contributed by atoms with Crippen LogP contribution in [-0.4, -0.2) is 61.2 Å². The van der Waals surface area contributed by atoms with E-state index < -0.39 is 5.97 Å². The third-order valence-corrected chi connectivity index (χ3v) is 6.26. The summed E-state index contributed by atoms with van der Waals surface area (Å²) in [6, 6.07) is 3.82. The standard InChI is InChI=1S/C18H21N3O4S2/c1-19-7-2-3-13(19)11-14-16(23)21(18(26)27-14)10-6-15(22)20-8-4-12(5-9-20)17(24)25/h2-3,7,11-12H,4-6,8-10H2,1H3,(H,24,25). The first-order valence-electron chi connectivity index (χ1n) is 8.74. The Morgan fingerprint density at radius 1 is 1.37 bits per heavy atom. The van der Waals surface area contributed by atoms with Crippen molar-refractivity contribution in [3.05, 3.63) is 28.9 Å². The first-order valence-corrected chi connectivity index (χ1v) is 9.96. The fourth-order valence-electron chi connectivity index (χ4n) is 3.19. The molecule has 3 rings (SSSR count). The zero-order chi connectivity index (χ0) is 19.6. The van der Waals surface area contributed by atoms with Crippen molar-refractivity contribution in [1.29, 1.82) is 0 Å². The molecular weight excluding hydrogens is 386 g/mol. The number of carbonyl (C=O) groups excluding carboxylic acids is 2. The van der Waals surface area contributed by atoms with Crippen molar-refractivity contribution >= 4 is 52.2 Å². The summed E-state index contributed by atoms with van der Waals surface area (Å²) in [4.78, 5) is 39.7. The number of hydrogen-bond acceptors (Lipinski definition) is 5. The van der Waals surface area contributed by atoms with Crippen LogP contribution in [0.4, 0.5) is 0 Å². The Morgan fingerprint density at radius 3 is 2.67 bits per heavy atom. The summed E-state index contributed by atoms with van der Waals surface area (Å²) in [5, 5.41) is 9.03. The lowest BCUT2D eigenvalue weighted by Gasteiger charge is -2.30. The molecule has 2 saturated heterocycles. The first kappa shape index (κ1) is 19.6. The molecule has 144 valence electrons. The Bertz CT molecular complexity index is 809. The number of aliphatic carboxylic acids is 1. The minimum atomic E-state index is -0.801. The van der Waals surface area contributed by atoms with E-state index >= 15 is 0 Å². The highest BCUT2D eigenvalue weighted by Gasteiger charge is 2.33. The molecule has 7 nitrogen and oxygen atoms in total. The minimum Gasteiger partial charge on any atom is -0.481 e. The Balaban J connectivity index is 1.55. The third kappa shape index (κ3) is 4.41. The molecule has 0 unspecified atom stereocenters. The predicted molar refractivity (Wildman–Crippen MR) is 107 cm³/mol. The zero-order valence-electron chi connectivity index (χ0n) is 15.0. The van der Waals surface area contributed by atoms with E-state index in [9.17, 15) is 14.4 Å². The van der Waals surface area contributed by atoms with Crippen molar-refractivity contribution in [3.8, 4) is 0 Å². The van der Waals surface area contributed by atoms with Gasteiger partial charge < -0.3 is 14.6 Å². The molecule has 2 fully saturated rings. The Labute approximate surface area is 167 Å². The van der Waals surface area contributed by atoms with Crippen LogP contribution in [0.1, 0.15) is 25.0 Å². The average molecular weight is 408 g/mol. The second-order valence-electron chi connectivity index (χ2n) is 6.62. The van der Waals surface area contributed by atoms with Crippen molar-refractivity contribution in [3.63, 3.8) is 0 Å². The molecule has 0 spiro atoms. The topological polar surface area (TPSA) is 82.8 Å². The van der Waals surface area contributed by atoms with Crippen molar-refractivity contribution in [2.24, 2.45) is 13.0 Å². The summed E-state index contributed by atoms with van der Waals surface area (Å²) >= 11 is 6.55. The van der Waals surface area contributed by atoms with Gasteiger partial charge in [0.05, 0.1) is 10.8 Å². The summed E-state index contributed by atoms with van der Waals surface area (Å²) in [7, 11) is 1.90. The highest BCUT2D eigenvalue weighted by molar-refractivity contribution is 8.26. The molecule has 2 amide bonds. The number of thioether (sulfide) groups is 1. The number of likely N-dealkylation sites (tertiary alicyclic amines) is 1. The van der Waals surface area contributed by atoms with Gasteiger partial charge in [-0.2, -0.15) is 0 Å². The van der Waals surface area contributed by atoms with Gasteiger partial charge in [-0.1, -0.05) is 24.0 Å². The van der Waals surface area contributed by atoms with Crippen LogP contribution in [0, 0.1) is 5.92 Å². The number of carboxylic acids is 1. The Hall–Kier alpha value is -2.13. The summed E-state index contributed by atoms with van der Waals surface area (Å²) in [5.74, 6) is -1.42. The maximum Gasteiger partial charge on any atom is 0.306 e.